The first-order chi connectivity index (χ1) is 12.5. The molecule has 0 radical (unpaired) electrons. The van der Waals surface area contributed by atoms with E-state index in [0.717, 1.165) is 47.7 Å². The van der Waals surface area contributed by atoms with E-state index >= 15 is 0 Å². The molecule has 2 aromatic rings. The average molecular weight is 480 g/mol. The Morgan fingerprint density at radius 3 is 2.77 bits per heavy atom. The SMILES string of the molecule is CC1C(=O)N(C2CCN(I)CC2)c2ccc(N=C(N)c3cccs3)cc21. The predicted octanol–water partition coefficient (Wildman–Crippen LogP) is 4.05. The number of halogens is 1. The fraction of sp³-hybridized carbons (Fsp3) is 0.368. The van der Waals surface area contributed by atoms with Gasteiger partial charge in [0.1, 0.15) is 5.84 Å². The Labute approximate surface area is 171 Å². The number of carbonyl (C=O) groups is 1. The maximum atomic E-state index is 12.9. The van der Waals surface area contributed by atoms with Gasteiger partial charge in [-0.1, -0.05) is 6.07 Å². The number of carbonyl (C=O) groups excluding carboxylic acids is 1. The van der Waals surface area contributed by atoms with E-state index in [4.69, 9.17) is 5.73 Å². The van der Waals surface area contributed by atoms with Crippen LogP contribution in [-0.4, -0.2) is 34.0 Å². The van der Waals surface area contributed by atoms with Crippen molar-refractivity contribution in [3.8, 4) is 0 Å². The molecule has 5 nitrogen and oxygen atoms in total. The van der Waals surface area contributed by atoms with Gasteiger partial charge in [0.25, 0.3) is 0 Å². The number of piperidine rings is 1. The molecular formula is C19H21IN4OS. The van der Waals surface area contributed by atoms with Gasteiger partial charge in [-0.2, -0.15) is 0 Å². The van der Waals surface area contributed by atoms with E-state index in [2.05, 4.69) is 31.0 Å². The summed E-state index contributed by atoms with van der Waals surface area (Å²) in [7, 11) is 0. The minimum Gasteiger partial charge on any atom is -0.383 e. The number of aliphatic imine (C=N–C) groups is 1. The van der Waals surface area contributed by atoms with Crippen LogP contribution >= 0.6 is 34.2 Å². The second-order valence-electron chi connectivity index (χ2n) is 6.79. The van der Waals surface area contributed by atoms with Crippen LogP contribution in [0.25, 0.3) is 0 Å². The van der Waals surface area contributed by atoms with E-state index in [-0.39, 0.29) is 11.8 Å². The van der Waals surface area contributed by atoms with E-state index in [9.17, 15) is 4.79 Å². The van der Waals surface area contributed by atoms with Crippen molar-refractivity contribution in [1.82, 2.24) is 3.11 Å². The Hall–Kier alpha value is -1.45. The van der Waals surface area contributed by atoms with Crippen molar-refractivity contribution in [2.45, 2.75) is 31.7 Å². The molecule has 1 aromatic carbocycles. The summed E-state index contributed by atoms with van der Waals surface area (Å²) < 4.78 is 2.30. The molecule has 3 heterocycles. The van der Waals surface area contributed by atoms with Crippen molar-refractivity contribution in [3.63, 3.8) is 0 Å². The lowest BCUT2D eigenvalue weighted by Crippen LogP contribution is -2.44. The van der Waals surface area contributed by atoms with Crippen molar-refractivity contribution in [3.05, 3.63) is 46.2 Å². The Morgan fingerprint density at radius 2 is 2.08 bits per heavy atom. The number of amidine groups is 1. The van der Waals surface area contributed by atoms with Gasteiger partial charge in [-0.15, -0.1) is 11.3 Å². The highest BCUT2D eigenvalue weighted by Crippen LogP contribution is 2.42. The maximum Gasteiger partial charge on any atom is 0.234 e. The molecule has 1 aromatic heterocycles. The molecule has 2 N–H and O–H groups in total. The van der Waals surface area contributed by atoms with Crippen molar-refractivity contribution < 1.29 is 4.79 Å². The molecule has 0 saturated carbocycles. The smallest absolute Gasteiger partial charge is 0.234 e. The van der Waals surface area contributed by atoms with Gasteiger partial charge in [-0.05, 0) is 55.0 Å². The summed E-state index contributed by atoms with van der Waals surface area (Å²) in [6.45, 7) is 4.04. The molecule has 4 rings (SSSR count). The van der Waals surface area contributed by atoms with E-state index in [0.29, 0.717) is 11.9 Å². The highest BCUT2D eigenvalue weighted by molar-refractivity contribution is 14.1. The first kappa shape index (κ1) is 17.9. The van der Waals surface area contributed by atoms with Gasteiger partial charge in [-0.25, -0.2) is 8.11 Å². The topological polar surface area (TPSA) is 61.9 Å². The number of thiophene rings is 1. The number of nitrogens with zero attached hydrogens (tertiary/aromatic N) is 3. The van der Waals surface area contributed by atoms with Crippen LogP contribution in [0.15, 0.2) is 40.7 Å². The summed E-state index contributed by atoms with van der Waals surface area (Å²) in [5.74, 6) is 0.600. The minimum absolute atomic E-state index is 0.124. The molecular weight excluding hydrogens is 459 g/mol. The Balaban J connectivity index is 1.64. The normalized spacial score (nSPS) is 22.1. The molecule has 1 fully saturated rings. The number of rotatable bonds is 3. The van der Waals surface area contributed by atoms with E-state index in [1.165, 1.54) is 0 Å². The summed E-state index contributed by atoms with van der Waals surface area (Å²) >= 11 is 3.94. The van der Waals surface area contributed by atoms with Gasteiger partial charge < -0.3 is 10.6 Å². The second kappa shape index (κ2) is 7.28. The summed E-state index contributed by atoms with van der Waals surface area (Å²) in [4.78, 5) is 20.5. The zero-order valence-corrected chi connectivity index (χ0v) is 17.5. The van der Waals surface area contributed by atoms with Crippen LogP contribution < -0.4 is 10.6 Å². The van der Waals surface area contributed by atoms with Crippen LogP contribution in [0.1, 0.15) is 36.1 Å². The molecule has 0 spiro atoms. The fourth-order valence-corrected chi connectivity index (χ4v) is 4.91. The van der Waals surface area contributed by atoms with Crippen LogP contribution in [0.4, 0.5) is 11.4 Å². The Morgan fingerprint density at radius 1 is 1.31 bits per heavy atom. The summed E-state index contributed by atoms with van der Waals surface area (Å²) in [6, 6.07) is 10.2. The standard InChI is InChI=1S/C19H21IN4OS/c1-12-15-11-13(22-18(21)17-3-2-10-26-17)4-5-16(15)24(19(12)25)14-6-8-23(20)9-7-14/h2-5,10-12,14H,6-9H2,1H3,(H2,21,22). The summed E-state index contributed by atoms with van der Waals surface area (Å²) in [5.41, 5.74) is 9.02. The van der Waals surface area contributed by atoms with E-state index in [1.807, 2.05) is 47.5 Å². The molecule has 1 amide bonds. The van der Waals surface area contributed by atoms with Crippen LogP contribution in [0.5, 0.6) is 0 Å². The summed E-state index contributed by atoms with van der Waals surface area (Å²) in [6.07, 6.45) is 2.04. The first-order valence-corrected chi connectivity index (χ1v) is 10.6. The zero-order valence-electron chi connectivity index (χ0n) is 14.6. The van der Waals surface area contributed by atoms with Crippen molar-refractivity contribution >= 4 is 57.3 Å². The third-order valence-electron chi connectivity index (χ3n) is 5.14. The maximum absolute atomic E-state index is 12.9. The number of nitrogens with two attached hydrogens (primary N) is 1. The van der Waals surface area contributed by atoms with Crippen LogP contribution in [0.2, 0.25) is 0 Å². The van der Waals surface area contributed by atoms with Crippen molar-refractivity contribution in [2.24, 2.45) is 10.7 Å². The van der Waals surface area contributed by atoms with Crippen LogP contribution in [0, 0.1) is 0 Å². The van der Waals surface area contributed by atoms with E-state index < -0.39 is 0 Å². The molecule has 0 bridgehead atoms. The largest absolute Gasteiger partial charge is 0.383 e. The molecule has 7 heteroatoms. The van der Waals surface area contributed by atoms with Crippen molar-refractivity contribution in [2.75, 3.05) is 18.0 Å². The van der Waals surface area contributed by atoms with E-state index in [1.54, 1.807) is 11.3 Å². The molecule has 1 atom stereocenters. The zero-order chi connectivity index (χ0) is 18.3. The quantitative estimate of drug-likeness (QED) is 0.312. The van der Waals surface area contributed by atoms with Crippen molar-refractivity contribution in [1.29, 1.82) is 0 Å². The lowest BCUT2D eigenvalue weighted by Gasteiger charge is -2.34. The predicted molar refractivity (Wildman–Crippen MR) is 116 cm³/mol. The third kappa shape index (κ3) is 3.27. The van der Waals surface area contributed by atoms with Gasteiger partial charge in [-0.3, -0.25) is 4.79 Å². The molecule has 2 aliphatic heterocycles. The van der Waals surface area contributed by atoms with Gasteiger partial charge in [0.15, 0.2) is 0 Å². The highest BCUT2D eigenvalue weighted by atomic mass is 127. The van der Waals surface area contributed by atoms with Gasteiger partial charge in [0.2, 0.25) is 5.91 Å². The number of amides is 1. The van der Waals surface area contributed by atoms with Gasteiger partial charge >= 0.3 is 0 Å². The molecule has 26 heavy (non-hydrogen) atoms. The minimum atomic E-state index is -0.124. The third-order valence-corrected chi connectivity index (χ3v) is 7.00. The molecule has 2 aliphatic rings. The lowest BCUT2D eigenvalue weighted by atomic mass is 10.0. The monoisotopic (exact) mass is 480 g/mol. The average Bonchev–Trinajstić information content (AvgIpc) is 3.25. The van der Waals surface area contributed by atoms with Gasteiger partial charge in [0.05, 0.1) is 16.5 Å². The second-order valence-corrected chi connectivity index (χ2v) is 9.10. The highest BCUT2D eigenvalue weighted by Gasteiger charge is 2.39. The lowest BCUT2D eigenvalue weighted by molar-refractivity contribution is -0.119. The Kier molecular flexibility index (Phi) is 5.02. The number of hydrogen-bond donors (Lipinski definition) is 1. The molecule has 136 valence electrons. The number of anilines is 1. The molecule has 0 aliphatic carbocycles. The number of benzene rings is 1. The Bertz CT molecular complexity index is 843. The molecule has 1 unspecified atom stereocenters. The number of fused-ring (bicyclic) bond motifs is 1. The van der Waals surface area contributed by atoms with Crippen LogP contribution in [-0.2, 0) is 4.79 Å². The number of hydrogen-bond acceptors (Lipinski definition) is 4. The fourth-order valence-electron chi connectivity index (χ4n) is 3.73. The van der Waals surface area contributed by atoms with Crippen LogP contribution in [0.3, 0.4) is 0 Å². The van der Waals surface area contributed by atoms with Gasteiger partial charge in [0, 0.05) is 47.7 Å². The first-order valence-electron chi connectivity index (χ1n) is 8.80. The summed E-state index contributed by atoms with van der Waals surface area (Å²) in [5, 5.41) is 1.99. The molecule has 1 saturated heterocycles.